The average molecular weight is 296 g/mol. The number of nitrogens with two attached hydrogens (primary N) is 1. The third-order valence-electron chi connectivity index (χ3n) is 2.61. The number of benzene rings is 2. The summed E-state index contributed by atoms with van der Waals surface area (Å²) >= 11 is 0. The minimum atomic E-state index is -3.78. The maximum Gasteiger partial charge on any atom is 0.261 e. The quantitative estimate of drug-likeness (QED) is 0.848. The van der Waals surface area contributed by atoms with E-state index >= 15 is 0 Å². The Balaban J connectivity index is 2.28. The van der Waals surface area contributed by atoms with E-state index in [4.69, 9.17) is 10.5 Å². The Morgan fingerprint density at radius 3 is 2.35 bits per heavy atom. The molecule has 0 heterocycles. The van der Waals surface area contributed by atoms with Gasteiger partial charge in [-0.1, -0.05) is 0 Å². The number of anilines is 2. The molecule has 0 aliphatic rings. The van der Waals surface area contributed by atoms with Gasteiger partial charge in [0.25, 0.3) is 10.0 Å². The molecule has 0 aromatic heterocycles. The average Bonchev–Trinajstić information content (AvgIpc) is 2.39. The molecular formula is C13H13FN2O3S. The molecule has 106 valence electrons. The largest absolute Gasteiger partial charge is 0.495 e. The van der Waals surface area contributed by atoms with Crippen molar-refractivity contribution in [1.29, 1.82) is 0 Å². The fourth-order valence-electron chi connectivity index (χ4n) is 1.63. The molecule has 0 spiro atoms. The monoisotopic (exact) mass is 296 g/mol. The highest BCUT2D eigenvalue weighted by Gasteiger charge is 2.14. The number of hydrogen-bond donors (Lipinski definition) is 2. The zero-order valence-corrected chi connectivity index (χ0v) is 11.4. The van der Waals surface area contributed by atoms with Crippen LogP contribution in [0.5, 0.6) is 5.75 Å². The second-order valence-electron chi connectivity index (χ2n) is 4.02. The normalized spacial score (nSPS) is 11.1. The Labute approximate surface area is 116 Å². The predicted octanol–water partition coefficient (Wildman–Crippen LogP) is 2.22. The van der Waals surface area contributed by atoms with Crippen LogP contribution >= 0.6 is 0 Å². The first-order valence-electron chi connectivity index (χ1n) is 5.64. The molecule has 0 atom stereocenters. The van der Waals surface area contributed by atoms with Gasteiger partial charge in [-0.3, -0.25) is 4.72 Å². The van der Waals surface area contributed by atoms with Crippen molar-refractivity contribution in [2.45, 2.75) is 4.90 Å². The standard InChI is InChI=1S/C13H13FN2O3S/c1-19-13-7-4-10(8-12(13)15)16-20(17,18)11-5-2-9(14)3-6-11/h2-8,16H,15H2,1H3. The molecule has 2 aromatic carbocycles. The van der Waals surface area contributed by atoms with E-state index in [0.717, 1.165) is 12.1 Å². The van der Waals surface area contributed by atoms with Gasteiger partial charge in [-0.15, -0.1) is 0 Å². The summed E-state index contributed by atoms with van der Waals surface area (Å²) in [4.78, 5) is -0.0340. The number of hydrogen-bond acceptors (Lipinski definition) is 4. The van der Waals surface area contributed by atoms with Crippen molar-refractivity contribution in [1.82, 2.24) is 0 Å². The van der Waals surface area contributed by atoms with Gasteiger partial charge in [0.15, 0.2) is 0 Å². The third kappa shape index (κ3) is 3.00. The lowest BCUT2D eigenvalue weighted by Crippen LogP contribution is -2.13. The van der Waals surface area contributed by atoms with E-state index in [9.17, 15) is 12.8 Å². The second-order valence-corrected chi connectivity index (χ2v) is 5.70. The maximum absolute atomic E-state index is 12.8. The topological polar surface area (TPSA) is 81.4 Å². The Hall–Kier alpha value is -2.28. The number of methoxy groups -OCH3 is 1. The lowest BCUT2D eigenvalue weighted by molar-refractivity contribution is 0.417. The number of ether oxygens (including phenoxy) is 1. The maximum atomic E-state index is 12.8. The van der Waals surface area contributed by atoms with Crippen LogP contribution in [0.4, 0.5) is 15.8 Å². The van der Waals surface area contributed by atoms with Gasteiger partial charge < -0.3 is 10.5 Å². The number of halogens is 1. The second kappa shape index (κ2) is 5.38. The van der Waals surface area contributed by atoms with Gasteiger partial charge in [-0.05, 0) is 42.5 Å². The van der Waals surface area contributed by atoms with E-state index in [-0.39, 0.29) is 4.90 Å². The molecule has 0 amide bonds. The smallest absolute Gasteiger partial charge is 0.261 e. The Bertz CT molecular complexity index is 715. The van der Waals surface area contributed by atoms with Crippen LogP contribution in [0.1, 0.15) is 0 Å². The van der Waals surface area contributed by atoms with Crippen LogP contribution in [0.15, 0.2) is 47.4 Å². The molecule has 2 rings (SSSR count). The van der Waals surface area contributed by atoms with E-state index in [1.165, 1.54) is 31.4 Å². The van der Waals surface area contributed by atoms with Gasteiger partial charge in [0.2, 0.25) is 0 Å². The van der Waals surface area contributed by atoms with Crippen LogP contribution in [0.3, 0.4) is 0 Å². The van der Waals surface area contributed by atoms with E-state index in [1.54, 1.807) is 6.07 Å². The zero-order valence-electron chi connectivity index (χ0n) is 10.6. The van der Waals surface area contributed by atoms with E-state index < -0.39 is 15.8 Å². The summed E-state index contributed by atoms with van der Waals surface area (Å²) in [6.07, 6.45) is 0. The molecule has 0 bridgehead atoms. The van der Waals surface area contributed by atoms with Crippen molar-refractivity contribution in [2.24, 2.45) is 0 Å². The Morgan fingerprint density at radius 2 is 1.80 bits per heavy atom. The summed E-state index contributed by atoms with van der Waals surface area (Å²) < 4.78 is 44.3. The van der Waals surface area contributed by atoms with Crippen LogP contribution in [0, 0.1) is 5.82 Å². The lowest BCUT2D eigenvalue weighted by Gasteiger charge is -2.10. The van der Waals surface area contributed by atoms with Gasteiger partial charge in [0.05, 0.1) is 23.4 Å². The molecule has 0 fully saturated rings. The minimum Gasteiger partial charge on any atom is -0.495 e. The van der Waals surface area contributed by atoms with Crippen LogP contribution < -0.4 is 15.2 Å². The van der Waals surface area contributed by atoms with Crippen LogP contribution in [0.2, 0.25) is 0 Å². The molecule has 0 radical (unpaired) electrons. The molecule has 0 unspecified atom stereocenters. The SMILES string of the molecule is COc1ccc(NS(=O)(=O)c2ccc(F)cc2)cc1N. The predicted molar refractivity (Wildman–Crippen MR) is 74.6 cm³/mol. The highest BCUT2D eigenvalue weighted by atomic mass is 32.2. The highest BCUT2D eigenvalue weighted by Crippen LogP contribution is 2.26. The zero-order chi connectivity index (χ0) is 14.8. The number of nitrogens with one attached hydrogen (secondary N) is 1. The molecule has 3 N–H and O–H groups in total. The molecule has 0 aliphatic carbocycles. The van der Waals surface area contributed by atoms with Crippen molar-refractivity contribution in [3.63, 3.8) is 0 Å². The lowest BCUT2D eigenvalue weighted by atomic mass is 10.2. The summed E-state index contributed by atoms with van der Waals surface area (Å²) in [7, 11) is -2.31. The third-order valence-corrected chi connectivity index (χ3v) is 4.00. The summed E-state index contributed by atoms with van der Waals surface area (Å²) in [6.45, 7) is 0. The molecule has 7 heteroatoms. The van der Waals surface area contributed by atoms with Crippen molar-refractivity contribution >= 4 is 21.4 Å². The Morgan fingerprint density at radius 1 is 1.15 bits per heavy atom. The molecule has 2 aromatic rings. The van der Waals surface area contributed by atoms with Gasteiger partial charge in [0.1, 0.15) is 11.6 Å². The summed E-state index contributed by atoms with van der Waals surface area (Å²) in [5.41, 5.74) is 6.31. The van der Waals surface area contributed by atoms with Crippen LogP contribution in [-0.4, -0.2) is 15.5 Å². The molecule has 5 nitrogen and oxygen atoms in total. The molecule has 0 saturated carbocycles. The van der Waals surface area contributed by atoms with E-state index in [1.807, 2.05) is 0 Å². The number of rotatable bonds is 4. The summed E-state index contributed by atoms with van der Waals surface area (Å²) in [5.74, 6) is -0.0487. The van der Waals surface area contributed by atoms with E-state index in [0.29, 0.717) is 17.1 Å². The first-order valence-corrected chi connectivity index (χ1v) is 7.12. The fourth-order valence-corrected chi connectivity index (χ4v) is 2.68. The highest BCUT2D eigenvalue weighted by molar-refractivity contribution is 7.92. The van der Waals surface area contributed by atoms with Gasteiger partial charge >= 0.3 is 0 Å². The molecule has 0 aliphatic heterocycles. The first-order chi connectivity index (χ1) is 9.42. The number of nitrogen functional groups attached to an aromatic ring is 1. The van der Waals surface area contributed by atoms with Crippen molar-refractivity contribution < 1.29 is 17.5 Å². The molecular weight excluding hydrogens is 283 g/mol. The van der Waals surface area contributed by atoms with Crippen LogP contribution in [-0.2, 0) is 10.0 Å². The van der Waals surface area contributed by atoms with Crippen molar-refractivity contribution in [3.8, 4) is 5.75 Å². The molecule has 20 heavy (non-hydrogen) atoms. The Kier molecular flexibility index (Phi) is 3.80. The summed E-state index contributed by atoms with van der Waals surface area (Å²) in [6, 6.07) is 9.05. The van der Waals surface area contributed by atoms with Crippen LogP contribution in [0.25, 0.3) is 0 Å². The summed E-state index contributed by atoms with van der Waals surface area (Å²) in [5, 5.41) is 0. The minimum absolute atomic E-state index is 0.0340. The first kappa shape index (κ1) is 14.1. The number of sulfonamides is 1. The van der Waals surface area contributed by atoms with E-state index in [2.05, 4.69) is 4.72 Å². The fraction of sp³-hybridized carbons (Fsp3) is 0.0769. The van der Waals surface area contributed by atoms with Crippen molar-refractivity contribution in [2.75, 3.05) is 17.6 Å². The van der Waals surface area contributed by atoms with Gasteiger partial charge in [-0.2, -0.15) is 0 Å². The van der Waals surface area contributed by atoms with Gasteiger partial charge in [-0.25, -0.2) is 12.8 Å². The van der Waals surface area contributed by atoms with Crippen molar-refractivity contribution in [3.05, 3.63) is 48.3 Å². The molecule has 0 saturated heterocycles. The van der Waals surface area contributed by atoms with Gasteiger partial charge in [0, 0.05) is 0 Å².